The van der Waals surface area contributed by atoms with Crippen LogP contribution in [0.2, 0.25) is 5.02 Å². The van der Waals surface area contributed by atoms with Crippen LogP contribution in [0.15, 0.2) is 35.6 Å². The average molecular weight is 352 g/mol. The van der Waals surface area contributed by atoms with Crippen molar-refractivity contribution in [1.29, 1.82) is 0 Å². The molecule has 3 N–H and O–H groups in total. The molecule has 1 aromatic carbocycles. The molecule has 0 aliphatic carbocycles. The Balaban J connectivity index is 2.24. The number of carbonyl (C=O) groups excluding carboxylic acids is 4. The van der Waals surface area contributed by atoms with Crippen LogP contribution in [0, 0.1) is 0 Å². The number of anilines is 1. The number of imide groups is 1. The van der Waals surface area contributed by atoms with Gasteiger partial charge in [0.05, 0.1) is 7.11 Å². The van der Waals surface area contributed by atoms with E-state index in [1.165, 1.54) is 24.3 Å². The fourth-order valence-electron chi connectivity index (χ4n) is 2.68. The molecule has 1 aromatic rings. The van der Waals surface area contributed by atoms with Crippen molar-refractivity contribution in [3.8, 4) is 0 Å². The summed E-state index contributed by atoms with van der Waals surface area (Å²) < 4.78 is 4.54. The molecule has 1 unspecified atom stereocenters. The van der Waals surface area contributed by atoms with E-state index >= 15 is 0 Å². The van der Waals surface area contributed by atoms with Gasteiger partial charge in [0.1, 0.15) is 5.57 Å². The smallest absolute Gasteiger partial charge is 0.342 e. The van der Waals surface area contributed by atoms with Gasteiger partial charge in [-0.25, -0.2) is 9.59 Å². The van der Waals surface area contributed by atoms with E-state index in [1.807, 2.05) is 5.32 Å². The first-order chi connectivity index (χ1) is 11.3. The van der Waals surface area contributed by atoms with Crippen LogP contribution in [-0.2, 0) is 19.1 Å². The summed E-state index contributed by atoms with van der Waals surface area (Å²) in [5.74, 6) is -4.17. The highest BCUT2D eigenvalue weighted by atomic mass is 35.5. The van der Waals surface area contributed by atoms with Crippen molar-refractivity contribution >= 4 is 41.1 Å². The minimum Gasteiger partial charge on any atom is -0.503 e. The number of esters is 1. The molecule has 4 amide bonds. The first kappa shape index (κ1) is 15.8. The fraction of sp³-hybridized carbons (Fsp3) is 0.143. The van der Waals surface area contributed by atoms with Gasteiger partial charge in [-0.05, 0) is 24.3 Å². The number of benzene rings is 1. The lowest BCUT2D eigenvalue weighted by Gasteiger charge is -2.32. The van der Waals surface area contributed by atoms with Gasteiger partial charge in [-0.2, -0.15) is 0 Å². The number of amides is 4. The molecule has 2 aliphatic heterocycles. The topological polar surface area (TPSA) is 125 Å². The van der Waals surface area contributed by atoms with Crippen molar-refractivity contribution in [1.82, 2.24) is 10.6 Å². The summed E-state index contributed by atoms with van der Waals surface area (Å²) in [6, 6.07) is 4.75. The lowest BCUT2D eigenvalue weighted by Crippen LogP contribution is -2.62. The Kier molecular flexibility index (Phi) is 3.45. The number of hydrogen-bond donors (Lipinski definition) is 3. The van der Waals surface area contributed by atoms with E-state index in [4.69, 9.17) is 11.6 Å². The first-order valence-corrected chi connectivity index (χ1v) is 6.96. The number of methoxy groups -OCH3 is 1. The number of aliphatic hydroxyl groups excluding tert-OH is 1. The standard InChI is InChI=1S/C14H10ClN3O6/c1-24-11(21)8-9(19)10(20)18(7-4-2-6(15)3-5-7)14(8)12(22)16-13(23)17-14/h2-5,19H,1H3,(H2,16,17,22,23). The molecule has 2 heterocycles. The number of aliphatic hydroxyl groups is 1. The number of ether oxygens (including phenoxy) is 1. The monoisotopic (exact) mass is 351 g/mol. The summed E-state index contributed by atoms with van der Waals surface area (Å²) >= 11 is 5.80. The summed E-state index contributed by atoms with van der Waals surface area (Å²) in [5.41, 5.74) is -2.78. The highest BCUT2D eigenvalue weighted by Gasteiger charge is 2.65. The van der Waals surface area contributed by atoms with Gasteiger partial charge < -0.3 is 15.2 Å². The Morgan fingerprint density at radius 2 is 1.88 bits per heavy atom. The normalized spacial score (nSPS) is 22.9. The van der Waals surface area contributed by atoms with Gasteiger partial charge in [-0.1, -0.05) is 11.6 Å². The van der Waals surface area contributed by atoms with Crippen molar-refractivity contribution in [2.24, 2.45) is 0 Å². The quantitative estimate of drug-likeness (QED) is 0.516. The number of nitrogens with one attached hydrogen (secondary N) is 2. The highest BCUT2D eigenvalue weighted by Crippen LogP contribution is 2.39. The van der Waals surface area contributed by atoms with Crippen LogP contribution in [0.1, 0.15) is 0 Å². The molecule has 0 aromatic heterocycles. The minimum absolute atomic E-state index is 0.132. The van der Waals surface area contributed by atoms with Crippen LogP contribution >= 0.6 is 11.6 Å². The summed E-state index contributed by atoms with van der Waals surface area (Å²) in [4.78, 5) is 49.4. The Morgan fingerprint density at radius 3 is 2.38 bits per heavy atom. The van der Waals surface area contributed by atoms with E-state index < -0.39 is 40.8 Å². The van der Waals surface area contributed by atoms with E-state index in [1.54, 1.807) is 0 Å². The van der Waals surface area contributed by atoms with Crippen molar-refractivity contribution in [2.45, 2.75) is 5.66 Å². The number of urea groups is 1. The molecule has 1 spiro atoms. The van der Waals surface area contributed by atoms with Crippen LogP contribution in [0.3, 0.4) is 0 Å². The Hall–Kier alpha value is -3.07. The zero-order valence-electron chi connectivity index (χ0n) is 12.1. The fourth-order valence-corrected chi connectivity index (χ4v) is 2.80. The number of rotatable bonds is 2. The zero-order valence-corrected chi connectivity index (χ0v) is 12.9. The third-order valence-electron chi connectivity index (χ3n) is 3.66. The molecule has 1 atom stereocenters. The SMILES string of the molecule is COC(=O)C1=C(O)C(=O)N(c2ccc(Cl)cc2)C12NC(=O)NC2=O. The second kappa shape index (κ2) is 5.24. The zero-order chi connectivity index (χ0) is 17.6. The van der Waals surface area contributed by atoms with Crippen LogP contribution in [0.25, 0.3) is 0 Å². The van der Waals surface area contributed by atoms with Gasteiger partial charge in [-0.3, -0.25) is 19.8 Å². The molecule has 0 bridgehead atoms. The van der Waals surface area contributed by atoms with E-state index in [2.05, 4.69) is 10.1 Å². The van der Waals surface area contributed by atoms with Crippen LogP contribution in [0.4, 0.5) is 10.5 Å². The maximum Gasteiger partial charge on any atom is 0.342 e. The molecule has 1 saturated heterocycles. The molecule has 3 rings (SSSR count). The maximum atomic E-state index is 12.5. The van der Waals surface area contributed by atoms with Gasteiger partial charge in [-0.15, -0.1) is 0 Å². The van der Waals surface area contributed by atoms with Gasteiger partial charge in [0.2, 0.25) is 5.66 Å². The third-order valence-corrected chi connectivity index (χ3v) is 3.92. The summed E-state index contributed by atoms with van der Waals surface area (Å²) in [6.07, 6.45) is 0. The first-order valence-electron chi connectivity index (χ1n) is 6.58. The van der Waals surface area contributed by atoms with Crippen molar-refractivity contribution in [3.63, 3.8) is 0 Å². The summed E-state index contributed by atoms with van der Waals surface area (Å²) in [5, 5.41) is 14.6. The minimum atomic E-state index is -2.24. The van der Waals surface area contributed by atoms with Crippen LogP contribution in [-0.4, -0.2) is 41.7 Å². The molecule has 1 fully saturated rings. The van der Waals surface area contributed by atoms with Gasteiger partial charge in [0.15, 0.2) is 5.76 Å². The largest absolute Gasteiger partial charge is 0.503 e. The number of carbonyl (C=O) groups is 4. The molecular formula is C14H10ClN3O6. The van der Waals surface area contributed by atoms with Gasteiger partial charge in [0, 0.05) is 10.7 Å². The Morgan fingerprint density at radius 1 is 1.25 bits per heavy atom. The molecule has 124 valence electrons. The molecule has 10 heteroatoms. The van der Waals surface area contributed by atoms with E-state index in [9.17, 15) is 24.3 Å². The third kappa shape index (κ3) is 1.95. The number of nitrogens with zero attached hydrogens (tertiary/aromatic N) is 1. The van der Waals surface area contributed by atoms with E-state index in [-0.39, 0.29) is 5.69 Å². The van der Waals surface area contributed by atoms with Gasteiger partial charge in [0.25, 0.3) is 11.8 Å². The predicted octanol–water partition coefficient (Wildman–Crippen LogP) is 0.207. The molecule has 24 heavy (non-hydrogen) atoms. The van der Waals surface area contributed by atoms with Gasteiger partial charge >= 0.3 is 12.0 Å². The molecular weight excluding hydrogens is 342 g/mol. The molecule has 2 aliphatic rings. The Bertz CT molecular complexity index is 818. The van der Waals surface area contributed by atoms with E-state index in [0.717, 1.165) is 12.0 Å². The molecule has 9 nitrogen and oxygen atoms in total. The second-order valence-corrected chi connectivity index (χ2v) is 5.39. The van der Waals surface area contributed by atoms with Crippen molar-refractivity contribution < 1.29 is 29.0 Å². The van der Waals surface area contributed by atoms with Crippen LogP contribution in [0.5, 0.6) is 0 Å². The second-order valence-electron chi connectivity index (χ2n) is 4.95. The molecule has 0 radical (unpaired) electrons. The van der Waals surface area contributed by atoms with Crippen molar-refractivity contribution in [3.05, 3.63) is 40.6 Å². The lowest BCUT2D eigenvalue weighted by molar-refractivity contribution is -0.138. The average Bonchev–Trinajstić information content (AvgIpc) is 2.94. The van der Waals surface area contributed by atoms with Crippen molar-refractivity contribution in [2.75, 3.05) is 12.0 Å². The Labute approximate surface area is 139 Å². The summed E-state index contributed by atoms with van der Waals surface area (Å²) in [6.45, 7) is 0. The molecule has 0 saturated carbocycles. The highest BCUT2D eigenvalue weighted by molar-refractivity contribution is 6.31. The van der Waals surface area contributed by atoms with Crippen LogP contribution < -0.4 is 15.5 Å². The number of halogens is 1. The lowest BCUT2D eigenvalue weighted by atomic mass is 9.99. The summed E-state index contributed by atoms with van der Waals surface area (Å²) in [7, 11) is 1.01. The van der Waals surface area contributed by atoms with E-state index in [0.29, 0.717) is 5.02 Å². The predicted molar refractivity (Wildman–Crippen MR) is 80.0 cm³/mol. The number of hydrogen-bond acceptors (Lipinski definition) is 6. The maximum absolute atomic E-state index is 12.5.